The minimum absolute atomic E-state index is 0. The molecule has 7 nitrogen and oxygen atoms in total. The van der Waals surface area contributed by atoms with E-state index in [2.05, 4.69) is 34.8 Å². The highest BCUT2D eigenvalue weighted by molar-refractivity contribution is 14.0. The Morgan fingerprint density at radius 1 is 1.27 bits per heavy atom. The van der Waals surface area contributed by atoms with Gasteiger partial charge in [-0.1, -0.05) is 26.0 Å². The first kappa shape index (κ1) is 20.4. The molecule has 22 heavy (non-hydrogen) atoms. The fourth-order valence-corrected chi connectivity index (χ4v) is 1.68. The van der Waals surface area contributed by atoms with Gasteiger partial charge in [-0.2, -0.15) is 0 Å². The largest absolute Gasteiger partial charge is 0.378 e. The number of halogens is 1. The van der Waals surface area contributed by atoms with Crippen LogP contribution in [0.5, 0.6) is 0 Å². The van der Waals surface area contributed by atoms with Gasteiger partial charge >= 0.3 is 0 Å². The van der Waals surface area contributed by atoms with Crippen LogP contribution in [0.2, 0.25) is 0 Å². The Labute approximate surface area is 148 Å². The smallest absolute Gasteiger partial charge is 0.292 e. The zero-order valence-corrected chi connectivity index (χ0v) is 15.5. The van der Waals surface area contributed by atoms with Gasteiger partial charge in [0.1, 0.15) is 5.69 Å². The molecule has 1 aromatic carbocycles. The second kappa shape index (κ2) is 11.0. The lowest BCUT2D eigenvalue weighted by atomic mass is 10.2. The van der Waals surface area contributed by atoms with Gasteiger partial charge in [0.05, 0.1) is 4.92 Å². The second-order valence-corrected chi connectivity index (χ2v) is 4.97. The maximum atomic E-state index is 10.9. The highest BCUT2D eigenvalue weighted by atomic mass is 127. The monoisotopic (exact) mass is 421 g/mol. The summed E-state index contributed by atoms with van der Waals surface area (Å²) in [6, 6.07) is 6.61. The first-order valence-electron chi connectivity index (χ1n) is 6.96. The number of nitro groups is 1. The van der Waals surface area contributed by atoms with Crippen molar-refractivity contribution >= 4 is 41.3 Å². The molecule has 0 unspecified atom stereocenters. The van der Waals surface area contributed by atoms with Crippen molar-refractivity contribution in [3.05, 3.63) is 34.4 Å². The van der Waals surface area contributed by atoms with E-state index >= 15 is 0 Å². The zero-order chi connectivity index (χ0) is 15.7. The van der Waals surface area contributed by atoms with Crippen molar-refractivity contribution in [2.24, 2.45) is 10.9 Å². The molecule has 0 atom stereocenters. The van der Waals surface area contributed by atoms with Crippen molar-refractivity contribution in [2.45, 2.75) is 13.8 Å². The number of nitro benzene ring substituents is 1. The normalized spacial score (nSPS) is 10.8. The molecule has 0 bridgehead atoms. The van der Waals surface area contributed by atoms with Gasteiger partial charge in [-0.15, -0.1) is 24.0 Å². The highest BCUT2D eigenvalue weighted by Crippen LogP contribution is 2.22. The minimum Gasteiger partial charge on any atom is -0.378 e. The van der Waals surface area contributed by atoms with Crippen LogP contribution in [0.25, 0.3) is 0 Å². The summed E-state index contributed by atoms with van der Waals surface area (Å²) in [5, 5.41) is 20.3. The summed E-state index contributed by atoms with van der Waals surface area (Å²) in [6.45, 7) is 6.26. The Kier molecular flexibility index (Phi) is 10.3. The van der Waals surface area contributed by atoms with Gasteiger partial charge in [-0.3, -0.25) is 15.1 Å². The molecule has 0 radical (unpaired) electrons. The Bertz CT molecular complexity index is 494. The fourth-order valence-electron chi connectivity index (χ4n) is 1.68. The molecule has 8 heteroatoms. The Morgan fingerprint density at radius 3 is 2.55 bits per heavy atom. The first-order chi connectivity index (χ1) is 10.0. The lowest BCUT2D eigenvalue weighted by Gasteiger charge is -2.14. The number of hydrogen-bond donors (Lipinski definition) is 3. The quantitative estimate of drug-likeness (QED) is 0.157. The topological polar surface area (TPSA) is 91.6 Å². The van der Waals surface area contributed by atoms with Crippen LogP contribution in [0.3, 0.4) is 0 Å². The number of rotatable bonds is 7. The molecule has 1 rings (SSSR count). The maximum absolute atomic E-state index is 10.9. The summed E-state index contributed by atoms with van der Waals surface area (Å²) in [4.78, 5) is 14.6. The highest BCUT2D eigenvalue weighted by Gasteiger charge is 2.11. The van der Waals surface area contributed by atoms with Gasteiger partial charge in [0.15, 0.2) is 5.96 Å². The van der Waals surface area contributed by atoms with Crippen molar-refractivity contribution in [2.75, 3.05) is 32.0 Å². The molecule has 0 fully saturated rings. The van der Waals surface area contributed by atoms with Crippen LogP contribution in [0.1, 0.15) is 13.8 Å². The number of aliphatic imine (C=N–C) groups is 1. The SMILES string of the molecule is CN=C(NCCNc1ccccc1[N+](=O)[O-])NCC(C)C.I. The summed E-state index contributed by atoms with van der Waals surface area (Å²) in [5.74, 6) is 1.27. The van der Waals surface area contributed by atoms with Gasteiger partial charge in [-0.05, 0) is 12.0 Å². The Hall–Kier alpha value is -1.58. The number of nitrogens with one attached hydrogen (secondary N) is 3. The van der Waals surface area contributed by atoms with Crippen molar-refractivity contribution in [3.63, 3.8) is 0 Å². The van der Waals surface area contributed by atoms with E-state index in [0.29, 0.717) is 24.7 Å². The molecule has 0 amide bonds. The molecule has 0 aromatic heterocycles. The van der Waals surface area contributed by atoms with E-state index in [4.69, 9.17) is 0 Å². The molecule has 0 aliphatic rings. The Balaban J connectivity index is 0.00000441. The van der Waals surface area contributed by atoms with Crippen LogP contribution in [0, 0.1) is 16.0 Å². The van der Waals surface area contributed by atoms with E-state index in [9.17, 15) is 10.1 Å². The van der Waals surface area contributed by atoms with E-state index in [0.717, 1.165) is 12.5 Å². The third-order valence-corrected chi connectivity index (χ3v) is 2.74. The third-order valence-electron chi connectivity index (χ3n) is 2.74. The standard InChI is InChI=1S/C14H23N5O2.HI/c1-11(2)10-18-14(15-3)17-9-8-16-12-6-4-5-7-13(12)19(20)21;/h4-7,11,16H,8-10H2,1-3H3,(H2,15,17,18);1H. The van der Waals surface area contributed by atoms with Crippen molar-refractivity contribution in [1.29, 1.82) is 0 Å². The van der Waals surface area contributed by atoms with Crippen molar-refractivity contribution in [1.82, 2.24) is 10.6 Å². The van der Waals surface area contributed by atoms with E-state index in [1.807, 2.05) is 0 Å². The summed E-state index contributed by atoms with van der Waals surface area (Å²) in [7, 11) is 1.71. The van der Waals surface area contributed by atoms with Crippen molar-refractivity contribution < 1.29 is 4.92 Å². The number of benzene rings is 1. The molecule has 124 valence electrons. The van der Waals surface area contributed by atoms with Gasteiger partial charge in [0.2, 0.25) is 0 Å². The van der Waals surface area contributed by atoms with Crippen LogP contribution >= 0.6 is 24.0 Å². The average molecular weight is 421 g/mol. The summed E-state index contributed by atoms with van der Waals surface area (Å²) in [6.07, 6.45) is 0. The van der Waals surface area contributed by atoms with Crippen LogP contribution in [0.4, 0.5) is 11.4 Å². The van der Waals surface area contributed by atoms with E-state index in [-0.39, 0.29) is 34.6 Å². The van der Waals surface area contributed by atoms with Crippen molar-refractivity contribution in [3.8, 4) is 0 Å². The molecule has 1 aromatic rings. The number of guanidine groups is 1. The molecule has 0 saturated carbocycles. The van der Waals surface area contributed by atoms with Gasteiger partial charge in [0.25, 0.3) is 5.69 Å². The molecule has 0 spiro atoms. The molecule has 0 aliphatic carbocycles. The number of para-hydroxylation sites is 2. The van der Waals surface area contributed by atoms with Crippen LogP contribution in [-0.4, -0.2) is 37.6 Å². The fraction of sp³-hybridized carbons (Fsp3) is 0.500. The first-order valence-corrected chi connectivity index (χ1v) is 6.96. The number of nitrogens with zero attached hydrogens (tertiary/aromatic N) is 2. The van der Waals surface area contributed by atoms with Gasteiger partial charge in [-0.25, -0.2) is 0 Å². The maximum Gasteiger partial charge on any atom is 0.292 e. The van der Waals surface area contributed by atoms with Gasteiger partial charge in [0, 0.05) is 32.7 Å². The second-order valence-electron chi connectivity index (χ2n) is 4.97. The lowest BCUT2D eigenvalue weighted by Crippen LogP contribution is -2.41. The number of anilines is 1. The van der Waals surface area contributed by atoms with Crippen LogP contribution in [-0.2, 0) is 0 Å². The predicted octanol–water partition coefficient (Wildman–Crippen LogP) is 2.45. The predicted molar refractivity (Wildman–Crippen MR) is 101 cm³/mol. The van der Waals surface area contributed by atoms with E-state index in [1.165, 1.54) is 6.07 Å². The molecule has 0 saturated heterocycles. The summed E-state index contributed by atoms with van der Waals surface area (Å²) >= 11 is 0. The summed E-state index contributed by atoms with van der Waals surface area (Å²) < 4.78 is 0. The average Bonchev–Trinajstić information content (AvgIpc) is 2.46. The lowest BCUT2D eigenvalue weighted by molar-refractivity contribution is -0.384. The molecule has 0 heterocycles. The van der Waals surface area contributed by atoms with Gasteiger partial charge < -0.3 is 16.0 Å². The Morgan fingerprint density at radius 2 is 1.95 bits per heavy atom. The third kappa shape index (κ3) is 7.43. The molecular weight excluding hydrogens is 397 g/mol. The summed E-state index contributed by atoms with van der Waals surface area (Å²) in [5.41, 5.74) is 0.606. The van der Waals surface area contributed by atoms with Crippen LogP contribution in [0.15, 0.2) is 29.3 Å². The minimum atomic E-state index is -0.390. The zero-order valence-electron chi connectivity index (χ0n) is 13.1. The molecule has 3 N–H and O–H groups in total. The molecular formula is C14H24IN5O2. The van der Waals surface area contributed by atoms with E-state index < -0.39 is 0 Å². The molecule has 0 aliphatic heterocycles. The number of hydrogen-bond acceptors (Lipinski definition) is 4. The van der Waals surface area contributed by atoms with Crippen LogP contribution < -0.4 is 16.0 Å². The van der Waals surface area contributed by atoms with E-state index in [1.54, 1.807) is 25.2 Å².